The summed E-state index contributed by atoms with van der Waals surface area (Å²) in [5.41, 5.74) is 2.38. The summed E-state index contributed by atoms with van der Waals surface area (Å²) >= 11 is 0. The van der Waals surface area contributed by atoms with Crippen LogP contribution in [0.3, 0.4) is 0 Å². The van der Waals surface area contributed by atoms with Crippen LogP contribution in [0, 0.1) is 6.92 Å². The predicted molar refractivity (Wildman–Crippen MR) is 78.4 cm³/mol. The number of carbonyl (C=O) groups is 2. The lowest BCUT2D eigenvalue weighted by atomic mass is 10.1. The monoisotopic (exact) mass is 277 g/mol. The van der Waals surface area contributed by atoms with E-state index in [2.05, 4.69) is 11.4 Å². The van der Waals surface area contributed by atoms with Crippen LogP contribution in [-0.4, -0.2) is 25.0 Å². The van der Waals surface area contributed by atoms with Gasteiger partial charge in [-0.15, -0.1) is 0 Å². The Morgan fingerprint density at radius 1 is 1.25 bits per heavy atom. The zero-order chi connectivity index (χ0) is 14.8. The molecule has 0 atom stereocenters. The molecule has 0 bridgehead atoms. The number of ether oxygens (including phenoxy) is 1. The smallest absolute Gasteiger partial charge is 0.305 e. The van der Waals surface area contributed by atoms with Crippen LogP contribution in [0.25, 0.3) is 0 Å². The number of carbonyl (C=O) groups excluding carboxylic acids is 2. The van der Waals surface area contributed by atoms with E-state index in [1.54, 1.807) is 6.92 Å². The van der Waals surface area contributed by atoms with Gasteiger partial charge in [0.1, 0.15) is 0 Å². The van der Waals surface area contributed by atoms with Gasteiger partial charge in [-0.25, -0.2) is 0 Å². The highest BCUT2D eigenvalue weighted by Gasteiger charge is 2.04. The molecular formula is C16H23NO3. The first kappa shape index (κ1) is 16.2. The van der Waals surface area contributed by atoms with Crippen molar-refractivity contribution in [3.05, 3.63) is 35.4 Å². The van der Waals surface area contributed by atoms with E-state index in [4.69, 9.17) is 4.74 Å². The van der Waals surface area contributed by atoms with Crippen molar-refractivity contribution in [2.45, 2.75) is 39.5 Å². The van der Waals surface area contributed by atoms with E-state index in [1.807, 2.05) is 25.1 Å². The third-order valence-electron chi connectivity index (χ3n) is 2.91. The minimum atomic E-state index is -0.207. The first-order valence-corrected chi connectivity index (χ1v) is 7.09. The molecule has 0 fully saturated rings. The molecule has 1 aromatic rings. The summed E-state index contributed by atoms with van der Waals surface area (Å²) in [4.78, 5) is 22.7. The van der Waals surface area contributed by atoms with Crippen LogP contribution in [0.15, 0.2) is 24.3 Å². The summed E-state index contributed by atoms with van der Waals surface area (Å²) < 4.78 is 4.81. The molecule has 4 heteroatoms. The van der Waals surface area contributed by atoms with Gasteiger partial charge in [-0.2, -0.15) is 0 Å². The summed E-state index contributed by atoms with van der Waals surface area (Å²) in [6, 6.07) is 8.16. The molecule has 1 aromatic carbocycles. The van der Waals surface area contributed by atoms with Crippen LogP contribution in [0.1, 0.15) is 37.3 Å². The first-order chi connectivity index (χ1) is 9.61. The summed E-state index contributed by atoms with van der Waals surface area (Å²) in [7, 11) is 0. The van der Waals surface area contributed by atoms with Crippen LogP contribution in [-0.2, 0) is 20.7 Å². The zero-order valence-corrected chi connectivity index (χ0v) is 12.3. The standard InChI is InChI=1S/C16H23NO3/c1-3-20-16(19)8-5-11-17-15(18)10-9-14-7-4-6-13(2)12-14/h4,6-7,12H,3,5,8-11H2,1-2H3,(H,17,18). The van der Waals surface area contributed by atoms with Gasteiger partial charge in [-0.05, 0) is 32.3 Å². The van der Waals surface area contributed by atoms with Gasteiger partial charge < -0.3 is 10.1 Å². The molecule has 1 amide bonds. The van der Waals surface area contributed by atoms with Crippen molar-refractivity contribution >= 4 is 11.9 Å². The summed E-state index contributed by atoms with van der Waals surface area (Å²) in [6.07, 6.45) is 2.19. The van der Waals surface area contributed by atoms with Gasteiger partial charge in [0.15, 0.2) is 0 Å². The topological polar surface area (TPSA) is 55.4 Å². The first-order valence-electron chi connectivity index (χ1n) is 7.09. The molecule has 1 rings (SSSR count). The Morgan fingerprint density at radius 2 is 2.05 bits per heavy atom. The number of hydrogen-bond donors (Lipinski definition) is 1. The molecule has 0 heterocycles. The third kappa shape index (κ3) is 6.92. The van der Waals surface area contributed by atoms with E-state index in [0.29, 0.717) is 32.4 Å². The maximum Gasteiger partial charge on any atom is 0.305 e. The molecule has 0 aromatic heterocycles. The van der Waals surface area contributed by atoms with Gasteiger partial charge in [0.05, 0.1) is 6.61 Å². The van der Waals surface area contributed by atoms with E-state index >= 15 is 0 Å². The second-order valence-corrected chi connectivity index (χ2v) is 4.75. The highest BCUT2D eigenvalue weighted by molar-refractivity contribution is 5.76. The quantitative estimate of drug-likeness (QED) is 0.586. The van der Waals surface area contributed by atoms with Crippen LogP contribution in [0.5, 0.6) is 0 Å². The number of esters is 1. The van der Waals surface area contributed by atoms with E-state index in [1.165, 1.54) is 11.1 Å². The van der Waals surface area contributed by atoms with Gasteiger partial charge in [-0.1, -0.05) is 29.8 Å². The minimum absolute atomic E-state index is 0.0235. The Morgan fingerprint density at radius 3 is 2.75 bits per heavy atom. The molecule has 0 unspecified atom stereocenters. The fourth-order valence-electron chi connectivity index (χ4n) is 1.91. The Bertz CT molecular complexity index is 443. The fraction of sp³-hybridized carbons (Fsp3) is 0.500. The lowest BCUT2D eigenvalue weighted by Crippen LogP contribution is -2.25. The minimum Gasteiger partial charge on any atom is -0.466 e. The van der Waals surface area contributed by atoms with Crippen molar-refractivity contribution in [1.82, 2.24) is 5.32 Å². The van der Waals surface area contributed by atoms with Crippen molar-refractivity contribution in [2.75, 3.05) is 13.2 Å². The van der Waals surface area contributed by atoms with Crippen LogP contribution >= 0.6 is 0 Å². The number of rotatable bonds is 8. The van der Waals surface area contributed by atoms with E-state index < -0.39 is 0 Å². The molecule has 0 saturated heterocycles. The van der Waals surface area contributed by atoms with Crippen molar-refractivity contribution < 1.29 is 14.3 Å². The highest BCUT2D eigenvalue weighted by atomic mass is 16.5. The second-order valence-electron chi connectivity index (χ2n) is 4.75. The third-order valence-corrected chi connectivity index (χ3v) is 2.91. The molecule has 20 heavy (non-hydrogen) atoms. The van der Waals surface area contributed by atoms with Gasteiger partial charge in [0.25, 0.3) is 0 Å². The Kier molecular flexibility index (Phi) is 7.40. The largest absolute Gasteiger partial charge is 0.466 e. The molecular weight excluding hydrogens is 254 g/mol. The van der Waals surface area contributed by atoms with Crippen molar-refractivity contribution in [3.63, 3.8) is 0 Å². The molecule has 0 aliphatic carbocycles. The SMILES string of the molecule is CCOC(=O)CCCNC(=O)CCc1cccc(C)c1. The molecule has 0 aliphatic heterocycles. The van der Waals surface area contributed by atoms with Crippen LogP contribution in [0.2, 0.25) is 0 Å². The summed E-state index contributed by atoms with van der Waals surface area (Å²) in [6.45, 7) is 4.75. The van der Waals surface area contributed by atoms with Crippen LogP contribution < -0.4 is 5.32 Å². The maximum atomic E-state index is 11.6. The molecule has 0 radical (unpaired) electrons. The number of nitrogens with one attached hydrogen (secondary N) is 1. The second kappa shape index (κ2) is 9.13. The number of aryl methyl sites for hydroxylation is 2. The zero-order valence-electron chi connectivity index (χ0n) is 12.3. The normalized spacial score (nSPS) is 10.1. The van der Waals surface area contributed by atoms with Crippen LogP contribution in [0.4, 0.5) is 0 Å². The molecule has 0 saturated carbocycles. The van der Waals surface area contributed by atoms with Gasteiger partial charge in [0.2, 0.25) is 5.91 Å². The number of amides is 1. The lowest BCUT2D eigenvalue weighted by molar-refractivity contribution is -0.143. The summed E-state index contributed by atoms with van der Waals surface area (Å²) in [5.74, 6) is -0.183. The molecule has 0 aliphatic rings. The predicted octanol–water partition coefficient (Wildman–Crippen LogP) is 2.39. The van der Waals surface area contributed by atoms with Crippen molar-refractivity contribution in [3.8, 4) is 0 Å². The van der Waals surface area contributed by atoms with Crippen molar-refractivity contribution in [1.29, 1.82) is 0 Å². The Labute approximate surface area is 120 Å². The van der Waals surface area contributed by atoms with Gasteiger partial charge in [0, 0.05) is 19.4 Å². The average molecular weight is 277 g/mol. The fourth-order valence-corrected chi connectivity index (χ4v) is 1.91. The Hall–Kier alpha value is -1.84. The van der Waals surface area contributed by atoms with E-state index in [0.717, 1.165) is 6.42 Å². The average Bonchev–Trinajstić information content (AvgIpc) is 2.42. The molecule has 1 N–H and O–H groups in total. The highest BCUT2D eigenvalue weighted by Crippen LogP contribution is 2.06. The molecule has 4 nitrogen and oxygen atoms in total. The Balaban J connectivity index is 2.13. The van der Waals surface area contributed by atoms with E-state index in [9.17, 15) is 9.59 Å². The molecule has 110 valence electrons. The number of benzene rings is 1. The van der Waals surface area contributed by atoms with E-state index in [-0.39, 0.29) is 11.9 Å². The summed E-state index contributed by atoms with van der Waals surface area (Å²) in [5, 5.41) is 2.82. The number of hydrogen-bond acceptors (Lipinski definition) is 3. The van der Waals surface area contributed by atoms with Crippen molar-refractivity contribution in [2.24, 2.45) is 0 Å². The van der Waals surface area contributed by atoms with Gasteiger partial charge in [-0.3, -0.25) is 9.59 Å². The van der Waals surface area contributed by atoms with Gasteiger partial charge >= 0.3 is 5.97 Å². The molecule has 0 spiro atoms. The maximum absolute atomic E-state index is 11.6. The lowest BCUT2D eigenvalue weighted by Gasteiger charge is -2.06.